The van der Waals surface area contributed by atoms with Crippen molar-refractivity contribution in [2.24, 2.45) is 11.7 Å². The van der Waals surface area contributed by atoms with E-state index in [2.05, 4.69) is 26.1 Å². The normalized spacial score (nSPS) is 18.6. The third kappa shape index (κ3) is 1.97. The van der Waals surface area contributed by atoms with Crippen molar-refractivity contribution in [1.29, 1.82) is 0 Å². The molecule has 1 aliphatic carbocycles. The molecule has 1 aliphatic rings. The van der Waals surface area contributed by atoms with Crippen molar-refractivity contribution in [2.75, 3.05) is 0 Å². The summed E-state index contributed by atoms with van der Waals surface area (Å²) in [5.41, 5.74) is 6.67. The second-order valence-corrected chi connectivity index (χ2v) is 5.81. The van der Waals surface area contributed by atoms with Gasteiger partial charge in [0.1, 0.15) is 0 Å². The highest BCUT2D eigenvalue weighted by Crippen LogP contribution is 2.43. The molecule has 0 saturated heterocycles. The van der Waals surface area contributed by atoms with E-state index in [0.717, 1.165) is 22.9 Å². The molecule has 1 saturated carbocycles. The van der Waals surface area contributed by atoms with Gasteiger partial charge in [-0.25, -0.2) is 0 Å². The molecule has 0 radical (unpaired) electrons. The van der Waals surface area contributed by atoms with Gasteiger partial charge in [0.05, 0.1) is 5.54 Å². The van der Waals surface area contributed by atoms with Crippen LogP contribution in [0.2, 0.25) is 0 Å². The summed E-state index contributed by atoms with van der Waals surface area (Å²) < 4.78 is 6.28. The van der Waals surface area contributed by atoms with E-state index < -0.39 is 5.54 Å². The lowest BCUT2D eigenvalue weighted by Gasteiger charge is -2.18. The largest absolute Gasteiger partial charge is 0.337 e. The minimum Gasteiger partial charge on any atom is -0.337 e. The lowest BCUT2D eigenvalue weighted by atomic mass is 9.97. The summed E-state index contributed by atoms with van der Waals surface area (Å²) in [6.07, 6.45) is 2.28. The van der Waals surface area contributed by atoms with Gasteiger partial charge < -0.3 is 10.3 Å². The fourth-order valence-corrected chi connectivity index (χ4v) is 2.51. The van der Waals surface area contributed by atoms with Gasteiger partial charge >= 0.3 is 0 Å². The van der Waals surface area contributed by atoms with Crippen molar-refractivity contribution >= 4 is 15.9 Å². The summed E-state index contributed by atoms with van der Waals surface area (Å²) in [4.78, 5) is 4.44. The monoisotopic (exact) mass is 307 g/mol. The summed E-state index contributed by atoms with van der Waals surface area (Å²) in [5.74, 6) is 1.57. The summed E-state index contributed by atoms with van der Waals surface area (Å²) in [7, 11) is 0. The van der Waals surface area contributed by atoms with E-state index in [-0.39, 0.29) is 0 Å². The highest BCUT2D eigenvalue weighted by atomic mass is 79.9. The fourth-order valence-electron chi connectivity index (χ4n) is 2.05. The van der Waals surface area contributed by atoms with Gasteiger partial charge in [-0.2, -0.15) is 4.98 Å². The maximum absolute atomic E-state index is 6.26. The van der Waals surface area contributed by atoms with Gasteiger partial charge in [0.2, 0.25) is 11.7 Å². The Bertz CT molecular complexity index is 575. The van der Waals surface area contributed by atoms with Crippen LogP contribution in [0.4, 0.5) is 0 Å². The van der Waals surface area contributed by atoms with E-state index in [9.17, 15) is 0 Å². The first-order valence-corrected chi connectivity index (χ1v) is 6.76. The molecule has 1 fully saturated rings. The van der Waals surface area contributed by atoms with E-state index in [0.29, 0.717) is 17.6 Å². The van der Waals surface area contributed by atoms with Gasteiger partial charge in [0.15, 0.2) is 0 Å². The van der Waals surface area contributed by atoms with E-state index in [1.54, 1.807) is 0 Å². The Morgan fingerprint density at radius 2 is 2.11 bits per heavy atom. The first-order chi connectivity index (χ1) is 8.59. The van der Waals surface area contributed by atoms with Crippen molar-refractivity contribution in [3.63, 3.8) is 0 Å². The molecule has 0 bridgehead atoms. The van der Waals surface area contributed by atoms with Gasteiger partial charge in [-0.15, -0.1) is 0 Å². The van der Waals surface area contributed by atoms with Crippen molar-refractivity contribution in [2.45, 2.75) is 25.3 Å². The zero-order chi connectivity index (χ0) is 12.8. The van der Waals surface area contributed by atoms with Gasteiger partial charge in [0, 0.05) is 10.0 Å². The van der Waals surface area contributed by atoms with Gasteiger partial charge in [-0.05, 0) is 37.8 Å². The van der Waals surface area contributed by atoms with Gasteiger partial charge in [0.25, 0.3) is 0 Å². The van der Waals surface area contributed by atoms with Crippen molar-refractivity contribution in [3.05, 3.63) is 34.6 Å². The lowest BCUT2D eigenvalue weighted by molar-refractivity contribution is 0.273. The lowest BCUT2D eigenvalue weighted by Crippen LogP contribution is -2.35. The second-order valence-electron chi connectivity index (χ2n) is 4.96. The van der Waals surface area contributed by atoms with Crippen LogP contribution in [-0.4, -0.2) is 10.1 Å². The van der Waals surface area contributed by atoms with Crippen LogP contribution in [0.5, 0.6) is 0 Å². The van der Waals surface area contributed by atoms with E-state index in [1.807, 2.05) is 31.2 Å². The van der Waals surface area contributed by atoms with Crippen LogP contribution in [0, 0.1) is 5.92 Å². The molecule has 3 rings (SSSR count). The molecule has 1 atom stereocenters. The van der Waals surface area contributed by atoms with Crippen LogP contribution in [0.1, 0.15) is 25.7 Å². The average molecular weight is 308 g/mol. The van der Waals surface area contributed by atoms with E-state index in [4.69, 9.17) is 10.3 Å². The second kappa shape index (κ2) is 4.17. The molecule has 4 nitrogen and oxygen atoms in total. The molecule has 0 amide bonds. The zero-order valence-electron chi connectivity index (χ0n) is 10.1. The number of nitrogens with two attached hydrogens (primary N) is 1. The van der Waals surface area contributed by atoms with E-state index >= 15 is 0 Å². The van der Waals surface area contributed by atoms with Gasteiger partial charge in [-0.1, -0.05) is 33.2 Å². The van der Waals surface area contributed by atoms with Crippen LogP contribution in [0.15, 0.2) is 33.3 Å². The highest BCUT2D eigenvalue weighted by molar-refractivity contribution is 9.10. The maximum Gasteiger partial charge on any atom is 0.247 e. The molecule has 5 heteroatoms. The Morgan fingerprint density at radius 3 is 2.78 bits per heavy atom. The van der Waals surface area contributed by atoms with Crippen LogP contribution >= 0.6 is 15.9 Å². The Balaban J connectivity index is 1.97. The smallest absolute Gasteiger partial charge is 0.247 e. The van der Waals surface area contributed by atoms with Gasteiger partial charge in [-0.3, -0.25) is 0 Å². The zero-order valence-corrected chi connectivity index (χ0v) is 11.6. The number of aromatic nitrogens is 2. The number of benzene rings is 1. The third-order valence-electron chi connectivity index (χ3n) is 3.43. The molecule has 1 unspecified atom stereocenters. The average Bonchev–Trinajstić information content (AvgIpc) is 3.09. The van der Waals surface area contributed by atoms with Crippen LogP contribution < -0.4 is 5.73 Å². The Labute approximate surface area is 114 Å². The number of rotatable bonds is 3. The molecule has 18 heavy (non-hydrogen) atoms. The Hall–Kier alpha value is -1.20. The number of hydrogen-bond acceptors (Lipinski definition) is 4. The summed E-state index contributed by atoms with van der Waals surface area (Å²) in [6.45, 7) is 1.96. The molecule has 2 N–H and O–H groups in total. The summed E-state index contributed by atoms with van der Waals surface area (Å²) in [5, 5.41) is 4.03. The molecule has 1 aromatic carbocycles. The van der Waals surface area contributed by atoms with Crippen molar-refractivity contribution in [3.8, 4) is 11.4 Å². The first-order valence-electron chi connectivity index (χ1n) is 5.97. The molecule has 2 aromatic rings. The molecular weight excluding hydrogens is 294 g/mol. The number of halogens is 1. The predicted octanol–water partition coefficient (Wildman–Crippen LogP) is 3.08. The van der Waals surface area contributed by atoms with Crippen LogP contribution in [0.3, 0.4) is 0 Å². The Morgan fingerprint density at radius 1 is 1.39 bits per heavy atom. The molecule has 1 heterocycles. The number of nitrogens with zero attached hydrogens (tertiary/aromatic N) is 2. The minimum absolute atomic E-state index is 0.463. The molecule has 94 valence electrons. The highest BCUT2D eigenvalue weighted by Gasteiger charge is 2.43. The third-order valence-corrected chi connectivity index (χ3v) is 4.12. The summed E-state index contributed by atoms with van der Waals surface area (Å²) in [6, 6.07) is 7.79. The first kappa shape index (κ1) is 11.9. The molecule has 1 aromatic heterocycles. The molecule has 0 spiro atoms. The van der Waals surface area contributed by atoms with E-state index in [1.165, 1.54) is 0 Å². The maximum atomic E-state index is 6.26. The molecular formula is C13H14BrN3O. The predicted molar refractivity (Wildman–Crippen MR) is 71.7 cm³/mol. The van der Waals surface area contributed by atoms with Crippen molar-refractivity contribution in [1.82, 2.24) is 10.1 Å². The standard InChI is InChI=1S/C13H14BrN3O/c1-13(15,8-6-7-8)12-16-11(17-18-12)9-4-2-3-5-10(9)14/h2-5,8H,6-7,15H2,1H3. The summed E-state index contributed by atoms with van der Waals surface area (Å²) >= 11 is 3.48. The topological polar surface area (TPSA) is 64.9 Å². The number of hydrogen-bond donors (Lipinski definition) is 1. The molecule has 0 aliphatic heterocycles. The van der Waals surface area contributed by atoms with Crippen LogP contribution in [-0.2, 0) is 5.54 Å². The Kier molecular flexibility index (Phi) is 2.75. The minimum atomic E-state index is -0.507. The van der Waals surface area contributed by atoms with Crippen LogP contribution in [0.25, 0.3) is 11.4 Å². The fraction of sp³-hybridized carbons (Fsp3) is 0.385. The van der Waals surface area contributed by atoms with Crippen molar-refractivity contribution < 1.29 is 4.52 Å². The quantitative estimate of drug-likeness (QED) is 0.946. The SMILES string of the molecule is CC(N)(c1nc(-c2ccccc2Br)no1)C1CC1.